The van der Waals surface area contributed by atoms with Crippen LogP contribution in [0.4, 0.5) is 0 Å². The second-order valence-electron chi connectivity index (χ2n) is 5.79. The molecule has 0 amide bonds. The SMILES string of the molecule is CC(C)CCC(c1ccccc1)N(C)Cc1ncc[n-]1. The summed E-state index contributed by atoms with van der Waals surface area (Å²) in [5.41, 5.74) is 1.38. The van der Waals surface area contributed by atoms with E-state index in [1.165, 1.54) is 18.4 Å². The molecular formula is C17H24N3-. The van der Waals surface area contributed by atoms with Crippen molar-refractivity contribution in [1.29, 1.82) is 0 Å². The Morgan fingerprint density at radius 1 is 1.15 bits per heavy atom. The van der Waals surface area contributed by atoms with Crippen LogP contribution in [0, 0.1) is 5.92 Å². The zero-order valence-electron chi connectivity index (χ0n) is 12.7. The summed E-state index contributed by atoms with van der Waals surface area (Å²) in [6, 6.07) is 11.2. The topological polar surface area (TPSA) is 30.2 Å². The van der Waals surface area contributed by atoms with Crippen molar-refractivity contribution in [2.75, 3.05) is 7.05 Å². The minimum Gasteiger partial charge on any atom is -0.445 e. The van der Waals surface area contributed by atoms with Gasteiger partial charge in [-0.3, -0.25) is 4.90 Å². The number of nitrogens with zero attached hydrogens (tertiary/aromatic N) is 3. The third kappa shape index (κ3) is 4.20. The summed E-state index contributed by atoms with van der Waals surface area (Å²) in [5, 5.41) is 0. The molecule has 0 aliphatic heterocycles. The van der Waals surface area contributed by atoms with Crippen LogP contribution in [0.5, 0.6) is 0 Å². The highest BCUT2D eigenvalue weighted by atomic mass is 15.1. The van der Waals surface area contributed by atoms with E-state index in [1.807, 2.05) is 0 Å². The molecule has 0 saturated heterocycles. The maximum atomic E-state index is 4.27. The highest BCUT2D eigenvalue weighted by molar-refractivity contribution is 5.19. The minimum absolute atomic E-state index is 0.428. The van der Waals surface area contributed by atoms with E-state index in [0.717, 1.165) is 18.3 Å². The Morgan fingerprint density at radius 3 is 2.50 bits per heavy atom. The maximum Gasteiger partial charge on any atom is 0.0348 e. The lowest BCUT2D eigenvalue weighted by atomic mass is 9.96. The normalized spacial score (nSPS) is 13.1. The van der Waals surface area contributed by atoms with Gasteiger partial charge in [-0.05, 0) is 31.4 Å². The van der Waals surface area contributed by atoms with Gasteiger partial charge in [0, 0.05) is 12.6 Å². The number of rotatable bonds is 7. The summed E-state index contributed by atoms with van der Waals surface area (Å²) in [5.74, 6) is 1.63. The van der Waals surface area contributed by atoms with Gasteiger partial charge in [0.25, 0.3) is 0 Å². The third-order valence-corrected chi connectivity index (χ3v) is 3.64. The van der Waals surface area contributed by atoms with E-state index in [2.05, 4.69) is 66.1 Å². The van der Waals surface area contributed by atoms with E-state index < -0.39 is 0 Å². The van der Waals surface area contributed by atoms with E-state index >= 15 is 0 Å². The van der Waals surface area contributed by atoms with Crippen molar-refractivity contribution >= 4 is 0 Å². The van der Waals surface area contributed by atoms with Gasteiger partial charge in [-0.15, -0.1) is 0 Å². The van der Waals surface area contributed by atoms with Crippen molar-refractivity contribution in [2.45, 2.75) is 39.3 Å². The molecule has 0 N–H and O–H groups in total. The van der Waals surface area contributed by atoms with E-state index in [-0.39, 0.29) is 0 Å². The largest absolute Gasteiger partial charge is 0.445 e. The molecule has 108 valence electrons. The van der Waals surface area contributed by atoms with Gasteiger partial charge in [-0.2, -0.15) is 0 Å². The Kier molecular flexibility index (Phi) is 5.36. The van der Waals surface area contributed by atoms with Crippen LogP contribution in [0.1, 0.15) is 44.1 Å². The summed E-state index contributed by atoms with van der Waals surface area (Å²) in [4.78, 5) is 10.9. The highest BCUT2D eigenvalue weighted by Crippen LogP contribution is 2.27. The summed E-state index contributed by atoms with van der Waals surface area (Å²) in [6.07, 6.45) is 5.91. The average molecular weight is 270 g/mol. The number of hydrogen-bond acceptors (Lipinski definition) is 2. The predicted octanol–water partition coefficient (Wildman–Crippen LogP) is 3.65. The molecule has 0 bridgehead atoms. The Balaban J connectivity index is 2.08. The second kappa shape index (κ2) is 7.25. The van der Waals surface area contributed by atoms with Gasteiger partial charge in [-0.25, -0.2) is 0 Å². The van der Waals surface area contributed by atoms with Gasteiger partial charge < -0.3 is 9.97 Å². The molecule has 1 aromatic heterocycles. The van der Waals surface area contributed by atoms with E-state index in [0.29, 0.717) is 6.04 Å². The Labute approximate surface area is 122 Å². The molecule has 0 saturated carbocycles. The first-order chi connectivity index (χ1) is 9.66. The van der Waals surface area contributed by atoms with Crippen molar-refractivity contribution in [3.05, 3.63) is 54.1 Å². The first kappa shape index (κ1) is 14.8. The lowest BCUT2D eigenvalue weighted by Crippen LogP contribution is -2.25. The molecule has 1 aromatic carbocycles. The quantitative estimate of drug-likeness (QED) is 0.769. The minimum atomic E-state index is 0.428. The molecular weight excluding hydrogens is 246 g/mol. The molecule has 3 heteroatoms. The molecule has 0 aliphatic carbocycles. The van der Waals surface area contributed by atoms with E-state index in [9.17, 15) is 0 Å². The van der Waals surface area contributed by atoms with Crippen molar-refractivity contribution in [2.24, 2.45) is 5.92 Å². The molecule has 20 heavy (non-hydrogen) atoms. The zero-order chi connectivity index (χ0) is 14.4. The lowest BCUT2D eigenvalue weighted by molar-refractivity contribution is 0.210. The Hall–Kier alpha value is -1.61. The van der Waals surface area contributed by atoms with Gasteiger partial charge >= 0.3 is 0 Å². The fourth-order valence-electron chi connectivity index (χ4n) is 2.49. The van der Waals surface area contributed by atoms with Crippen LogP contribution in [0.25, 0.3) is 0 Å². The third-order valence-electron chi connectivity index (χ3n) is 3.64. The highest BCUT2D eigenvalue weighted by Gasteiger charge is 2.16. The molecule has 1 atom stereocenters. The standard InChI is InChI=1S/C17H24N3/c1-14(2)9-10-16(15-7-5-4-6-8-15)20(3)13-17-18-11-12-19-17/h4-8,11-12,14,16H,9-10,13H2,1-3H3/q-1. The molecule has 2 rings (SSSR count). The zero-order valence-corrected chi connectivity index (χ0v) is 12.7. The van der Waals surface area contributed by atoms with E-state index in [4.69, 9.17) is 0 Å². The molecule has 1 heterocycles. The number of imidazole rings is 1. The number of aromatic nitrogens is 2. The van der Waals surface area contributed by atoms with Gasteiger partial charge in [-0.1, -0.05) is 62.4 Å². The summed E-state index contributed by atoms with van der Waals surface area (Å²) >= 11 is 0. The van der Waals surface area contributed by atoms with Gasteiger partial charge in [0.15, 0.2) is 0 Å². The van der Waals surface area contributed by atoms with E-state index in [1.54, 1.807) is 12.4 Å². The van der Waals surface area contributed by atoms with Gasteiger partial charge in [0.05, 0.1) is 0 Å². The molecule has 0 aliphatic rings. The van der Waals surface area contributed by atoms with Crippen molar-refractivity contribution in [3.8, 4) is 0 Å². The second-order valence-corrected chi connectivity index (χ2v) is 5.79. The van der Waals surface area contributed by atoms with Crippen molar-refractivity contribution in [3.63, 3.8) is 0 Å². The fraction of sp³-hybridized carbons (Fsp3) is 0.471. The molecule has 0 fully saturated rings. The first-order valence-electron chi connectivity index (χ1n) is 7.34. The Morgan fingerprint density at radius 2 is 1.90 bits per heavy atom. The fourth-order valence-corrected chi connectivity index (χ4v) is 2.49. The molecule has 1 unspecified atom stereocenters. The van der Waals surface area contributed by atoms with Crippen LogP contribution in [0.15, 0.2) is 42.7 Å². The summed E-state index contributed by atoms with van der Waals surface area (Å²) in [7, 11) is 2.16. The van der Waals surface area contributed by atoms with Gasteiger partial charge in [0.1, 0.15) is 0 Å². The number of hydrogen-bond donors (Lipinski definition) is 0. The predicted molar refractivity (Wildman–Crippen MR) is 82.3 cm³/mol. The Bertz CT molecular complexity index is 476. The molecule has 0 spiro atoms. The van der Waals surface area contributed by atoms with Crippen LogP contribution in [0.3, 0.4) is 0 Å². The number of benzene rings is 1. The van der Waals surface area contributed by atoms with Crippen LogP contribution in [-0.2, 0) is 6.54 Å². The lowest BCUT2D eigenvalue weighted by Gasteiger charge is -2.30. The maximum absolute atomic E-state index is 4.27. The van der Waals surface area contributed by atoms with Crippen molar-refractivity contribution in [1.82, 2.24) is 14.9 Å². The summed E-state index contributed by atoms with van der Waals surface area (Å²) < 4.78 is 0. The average Bonchev–Trinajstić information content (AvgIpc) is 2.92. The first-order valence-corrected chi connectivity index (χ1v) is 7.34. The van der Waals surface area contributed by atoms with Crippen LogP contribution in [-0.4, -0.2) is 16.9 Å². The van der Waals surface area contributed by atoms with Crippen LogP contribution >= 0.6 is 0 Å². The molecule has 0 radical (unpaired) electrons. The van der Waals surface area contributed by atoms with Crippen LogP contribution in [0.2, 0.25) is 0 Å². The smallest absolute Gasteiger partial charge is 0.0348 e. The van der Waals surface area contributed by atoms with Crippen LogP contribution < -0.4 is 4.98 Å². The monoisotopic (exact) mass is 270 g/mol. The van der Waals surface area contributed by atoms with Crippen molar-refractivity contribution < 1.29 is 0 Å². The summed E-state index contributed by atoms with van der Waals surface area (Å²) in [6.45, 7) is 5.36. The molecule has 2 aromatic rings. The molecule has 3 nitrogen and oxygen atoms in total. The van der Waals surface area contributed by atoms with Gasteiger partial charge in [0.2, 0.25) is 0 Å².